The zero-order valence-corrected chi connectivity index (χ0v) is 38.3. The van der Waals surface area contributed by atoms with E-state index in [1.54, 1.807) is 13.8 Å². The van der Waals surface area contributed by atoms with Gasteiger partial charge in [-0.1, -0.05) is 70.2 Å². The van der Waals surface area contributed by atoms with Crippen molar-refractivity contribution in [2.45, 2.75) is 206 Å². The van der Waals surface area contributed by atoms with E-state index in [0.717, 1.165) is 81.8 Å². The Labute approximate surface area is 350 Å². The van der Waals surface area contributed by atoms with Crippen LogP contribution in [0.3, 0.4) is 0 Å². The highest BCUT2D eigenvalue weighted by atomic mass is 28.4. The van der Waals surface area contributed by atoms with Crippen LogP contribution in [0.25, 0.3) is 0 Å². The lowest BCUT2D eigenvalue weighted by molar-refractivity contribution is -0.174. The number of ether oxygens (including phenoxy) is 5. The highest BCUT2D eigenvalue weighted by molar-refractivity contribution is 6.74. The molecule has 0 bridgehead atoms. The molecule has 3 aliphatic heterocycles. The maximum Gasteiger partial charge on any atom is 0.345 e. The van der Waals surface area contributed by atoms with Crippen molar-refractivity contribution < 1.29 is 42.8 Å². The Hall–Kier alpha value is -2.76. The predicted octanol–water partition coefficient (Wildman–Crippen LogP) is 10.9. The molecule has 3 heterocycles. The molecule has 58 heavy (non-hydrogen) atoms. The Kier molecular flexibility index (Phi) is 15.8. The van der Waals surface area contributed by atoms with E-state index >= 15 is 0 Å². The molecule has 0 aliphatic carbocycles. The standard InChI is InChI=1S/C48H74O9Si/c1-33(28-29-37-24-16-23-36(53-37)22-14-20-35-21-15-26-41-43(35)44(50)56-48(7,8)55-41)40(49)31-39(57-58(9,10)46(2,3)4)30-38-25-17-27-42(54-38)47(5,6)45(51)52-32-34-18-12-11-13-19-34/h11-13,15,18-19,21,26,33,36-40,42,49H,14,16-17,20,22-25,27-32H2,1-10H3/t33-,36-,37-,38-,39-,40+,42+/m0/s1. The molecule has 0 unspecified atom stereocenters. The van der Waals surface area contributed by atoms with Crippen LogP contribution in [0.2, 0.25) is 18.1 Å². The van der Waals surface area contributed by atoms with Crippen LogP contribution in [0, 0.1) is 11.3 Å². The van der Waals surface area contributed by atoms with Gasteiger partial charge in [-0.25, -0.2) is 4.79 Å². The molecule has 7 atom stereocenters. The number of cyclic esters (lactones) is 1. The Morgan fingerprint density at radius 2 is 1.57 bits per heavy atom. The number of hydrogen-bond donors (Lipinski definition) is 1. The van der Waals surface area contributed by atoms with E-state index in [9.17, 15) is 14.7 Å². The molecule has 2 aromatic rings. The van der Waals surface area contributed by atoms with Crippen molar-refractivity contribution in [2.24, 2.45) is 11.3 Å². The first kappa shape index (κ1) is 46.3. The minimum atomic E-state index is -2.16. The van der Waals surface area contributed by atoms with Crippen LogP contribution in [0.4, 0.5) is 0 Å². The average Bonchev–Trinajstić information content (AvgIpc) is 3.15. The summed E-state index contributed by atoms with van der Waals surface area (Å²) in [5.41, 5.74) is 1.68. The predicted molar refractivity (Wildman–Crippen MR) is 230 cm³/mol. The molecule has 5 rings (SSSR count). The number of carbonyl (C=O) groups is 2. The molecule has 9 nitrogen and oxygen atoms in total. The Morgan fingerprint density at radius 1 is 0.897 bits per heavy atom. The molecule has 1 N–H and O–H groups in total. The first-order chi connectivity index (χ1) is 27.2. The van der Waals surface area contributed by atoms with E-state index in [4.69, 9.17) is 28.1 Å². The van der Waals surface area contributed by atoms with Crippen molar-refractivity contribution in [3.63, 3.8) is 0 Å². The van der Waals surface area contributed by atoms with Crippen LogP contribution >= 0.6 is 0 Å². The third kappa shape index (κ3) is 12.6. The number of fused-ring (bicyclic) bond motifs is 1. The number of carbonyl (C=O) groups excluding carboxylic acids is 2. The second kappa shape index (κ2) is 19.7. The van der Waals surface area contributed by atoms with Gasteiger partial charge in [-0.3, -0.25) is 4.79 Å². The number of benzene rings is 2. The summed E-state index contributed by atoms with van der Waals surface area (Å²) in [5, 5.41) is 11.7. The number of hydrogen-bond acceptors (Lipinski definition) is 9. The lowest BCUT2D eigenvalue weighted by Gasteiger charge is -2.43. The summed E-state index contributed by atoms with van der Waals surface area (Å²) in [6.07, 6.45) is 10.9. The van der Waals surface area contributed by atoms with Crippen molar-refractivity contribution in [3.8, 4) is 5.75 Å². The minimum absolute atomic E-state index is 0.0229. The Balaban J connectivity index is 1.12. The molecule has 2 fully saturated rings. The van der Waals surface area contributed by atoms with Crippen LogP contribution in [0.15, 0.2) is 48.5 Å². The fraction of sp³-hybridized carbons (Fsp3) is 0.708. The zero-order valence-electron chi connectivity index (χ0n) is 37.3. The topological polar surface area (TPSA) is 110 Å². The molecular formula is C48H74O9Si. The van der Waals surface area contributed by atoms with Gasteiger partial charge in [0.2, 0.25) is 5.79 Å². The molecule has 0 amide bonds. The SMILES string of the molecule is C[C@@H](CC[C@@H]1CCC[C@H](CCCc2cccc3c2C(=O)OC(C)(C)O3)O1)[C@H](O)C[C@H](C[C@@H]1CCC[C@H](C(C)(C)C(=O)OCc2ccccc2)O1)O[Si](C)(C)C(C)(C)C. The van der Waals surface area contributed by atoms with Crippen LogP contribution < -0.4 is 4.74 Å². The van der Waals surface area contributed by atoms with Gasteiger partial charge in [0.1, 0.15) is 17.9 Å². The van der Waals surface area contributed by atoms with Crippen molar-refractivity contribution in [1.29, 1.82) is 0 Å². The van der Waals surface area contributed by atoms with Crippen LogP contribution in [-0.2, 0) is 41.2 Å². The molecule has 0 saturated carbocycles. The van der Waals surface area contributed by atoms with Crippen LogP contribution in [0.1, 0.15) is 154 Å². The largest absolute Gasteiger partial charge is 0.460 e. The molecule has 2 saturated heterocycles. The summed E-state index contributed by atoms with van der Waals surface area (Å²) in [6, 6.07) is 15.6. The van der Waals surface area contributed by atoms with Gasteiger partial charge in [-0.15, -0.1) is 0 Å². The van der Waals surface area contributed by atoms with Gasteiger partial charge in [0.15, 0.2) is 8.32 Å². The van der Waals surface area contributed by atoms with Crippen molar-refractivity contribution in [2.75, 3.05) is 0 Å². The van der Waals surface area contributed by atoms with Gasteiger partial charge in [0.25, 0.3) is 0 Å². The molecule has 324 valence electrons. The molecular weight excluding hydrogens is 749 g/mol. The number of esters is 2. The van der Waals surface area contributed by atoms with E-state index in [1.807, 2.05) is 62.4 Å². The highest BCUT2D eigenvalue weighted by Gasteiger charge is 2.44. The number of rotatable bonds is 18. The van der Waals surface area contributed by atoms with Gasteiger partial charge in [0, 0.05) is 20.0 Å². The summed E-state index contributed by atoms with van der Waals surface area (Å²) in [5.74, 6) is -0.846. The zero-order chi connectivity index (χ0) is 42.3. The highest BCUT2D eigenvalue weighted by Crippen LogP contribution is 2.41. The maximum atomic E-state index is 13.4. The van der Waals surface area contributed by atoms with E-state index in [1.165, 1.54) is 0 Å². The minimum Gasteiger partial charge on any atom is -0.460 e. The number of aryl methyl sites for hydroxylation is 1. The third-order valence-corrected chi connectivity index (χ3v) is 17.7. The lowest BCUT2D eigenvalue weighted by Crippen LogP contribution is -2.48. The second-order valence-electron chi connectivity index (χ2n) is 19.9. The smallest absolute Gasteiger partial charge is 0.345 e. The summed E-state index contributed by atoms with van der Waals surface area (Å²) >= 11 is 0. The molecule has 10 heteroatoms. The van der Waals surface area contributed by atoms with Gasteiger partial charge < -0.3 is 33.2 Å². The summed E-state index contributed by atoms with van der Waals surface area (Å²) in [7, 11) is -2.16. The van der Waals surface area contributed by atoms with Gasteiger partial charge in [0.05, 0.1) is 35.9 Å². The van der Waals surface area contributed by atoms with E-state index < -0.39 is 25.6 Å². The normalized spacial score (nSPS) is 24.2. The van der Waals surface area contributed by atoms with Crippen molar-refractivity contribution >= 4 is 20.3 Å². The number of aliphatic hydroxyl groups is 1. The molecule has 0 spiro atoms. The molecule has 0 aromatic heterocycles. The Morgan fingerprint density at radius 3 is 2.28 bits per heavy atom. The Bertz CT molecular complexity index is 1630. The van der Waals surface area contributed by atoms with Gasteiger partial charge >= 0.3 is 11.9 Å². The van der Waals surface area contributed by atoms with Crippen LogP contribution in [-0.4, -0.2) is 67.8 Å². The molecule has 2 aromatic carbocycles. The third-order valence-electron chi connectivity index (χ3n) is 13.2. The first-order valence-corrected chi connectivity index (χ1v) is 25.1. The molecule has 3 aliphatic rings. The average molecular weight is 823 g/mol. The summed E-state index contributed by atoms with van der Waals surface area (Å²) in [6.45, 7) is 21.1. The van der Waals surface area contributed by atoms with Gasteiger partial charge in [-0.2, -0.15) is 0 Å². The van der Waals surface area contributed by atoms with Crippen LogP contribution in [0.5, 0.6) is 5.75 Å². The van der Waals surface area contributed by atoms with Gasteiger partial charge in [-0.05, 0) is 139 Å². The fourth-order valence-corrected chi connectivity index (χ4v) is 9.83. The summed E-state index contributed by atoms with van der Waals surface area (Å²) < 4.78 is 37.6. The number of aliphatic hydroxyl groups excluding tert-OH is 1. The van der Waals surface area contributed by atoms with Crippen molar-refractivity contribution in [1.82, 2.24) is 0 Å². The monoisotopic (exact) mass is 823 g/mol. The van der Waals surface area contributed by atoms with Crippen molar-refractivity contribution in [3.05, 3.63) is 65.2 Å². The summed E-state index contributed by atoms with van der Waals surface area (Å²) in [4.78, 5) is 26.2. The maximum absolute atomic E-state index is 13.4. The second-order valence-corrected chi connectivity index (χ2v) is 24.7. The quantitative estimate of drug-likeness (QED) is 0.116. The fourth-order valence-electron chi connectivity index (χ4n) is 8.45. The molecule has 0 radical (unpaired) electrons. The van der Waals surface area contributed by atoms with E-state index in [2.05, 4.69) is 40.8 Å². The van der Waals surface area contributed by atoms with E-state index in [0.29, 0.717) is 24.2 Å². The lowest BCUT2D eigenvalue weighted by atomic mass is 9.81. The van der Waals surface area contributed by atoms with E-state index in [-0.39, 0.29) is 60.0 Å². The first-order valence-electron chi connectivity index (χ1n) is 22.2.